The Labute approximate surface area is 144 Å². The summed E-state index contributed by atoms with van der Waals surface area (Å²) in [7, 11) is 0. The maximum atomic E-state index is 12.8. The Kier molecular flexibility index (Phi) is 6.24. The fraction of sp³-hybridized carbons (Fsp3) is 0.833. The van der Waals surface area contributed by atoms with Gasteiger partial charge in [0.15, 0.2) is 0 Å². The van der Waals surface area contributed by atoms with Crippen LogP contribution in [0.3, 0.4) is 0 Å². The van der Waals surface area contributed by atoms with Gasteiger partial charge in [-0.15, -0.1) is 0 Å². The topological polar surface area (TPSA) is 78.5 Å². The number of rotatable bonds is 7. The van der Waals surface area contributed by atoms with Crippen molar-refractivity contribution in [2.75, 3.05) is 6.54 Å². The number of carbonyl (C=O) groups is 3. The third kappa shape index (κ3) is 3.90. The molecule has 0 aromatic carbocycles. The summed E-state index contributed by atoms with van der Waals surface area (Å²) in [5.74, 6) is -0.0332. The molecule has 0 spiro atoms. The van der Waals surface area contributed by atoms with Crippen LogP contribution in [-0.2, 0) is 9.59 Å². The second kappa shape index (κ2) is 7.99. The molecule has 136 valence electrons. The highest BCUT2D eigenvalue weighted by molar-refractivity contribution is 6.09. The summed E-state index contributed by atoms with van der Waals surface area (Å²) in [6, 6.07) is -0.281. The zero-order chi connectivity index (χ0) is 17.7. The molecule has 1 saturated heterocycles. The Hall–Kier alpha value is -1.59. The van der Waals surface area contributed by atoms with Crippen LogP contribution in [0.2, 0.25) is 0 Å². The molecule has 24 heavy (non-hydrogen) atoms. The van der Waals surface area contributed by atoms with E-state index < -0.39 is 11.6 Å². The molecule has 2 fully saturated rings. The van der Waals surface area contributed by atoms with E-state index in [4.69, 9.17) is 0 Å². The lowest BCUT2D eigenvalue weighted by molar-refractivity contribution is -0.135. The van der Waals surface area contributed by atoms with Crippen LogP contribution < -0.4 is 10.6 Å². The molecule has 6 nitrogen and oxygen atoms in total. The number of urea groups is 1. The average molecular weight is 337 g/mol. The molecule has 2 N–H and O–H groups in total. The van der Waals surface area contributed by atoms with Gasteiger partial charge in [-0.25, -0.2) is 4.79 Å². The van der Waals surface area contributed by atoms with Gasteiger partial charge in [-0.3, -0.25) is 14.5 Å². The Bertz CT molecular complexity index is 486. The molecule has 2 aliphatic rings. The summed E-state index contributed by atoms with van der Waals surface area (Å²) in [6.45, 7) is 5.96. The Balaban J connectivity index is 1.99. The SMILES string of the molecule is CCCC1(CCC)NC(=O)N(CC(=O)N[C@H]2CCCC[C@@H]2C)C1=O. The van der Waals surface area contributed by atoms with Crippen molar-refractivity contribution in [2.45, 2.75) is 83.7 Å². The molecule has 1 saturated carbocycles. The van der Waals surface area contributed by atoms with Gasteiger partial charge < -0.3 is 10.6 Å². The highest BCUT2D eigenvalue weighted by Crippen LogP contribution is 2.28. The fourth-order valence-corrected chi connectivity index (χ4v) is 4.06. The normalized spacial score (nSPS) is 26.4. The van der Waals surface area contributed by atoms with Crippen molar-refractivity contribution >= 4 is 17.8 Å². The lowest BCUT2D eigenvalue weighted by Crippen LogP contribution is -2.49. The molecule has 0 aromatic rings. The lowest BCUT2D eigenvalue weighted by Gasteiger charge is -2.30. The van der Waals surface area contributed by atoms with Crippen LogP contribution in [0, 0.1) is 5.92 Å². The van der Waals surface area contributed by atoms with Gasteiger partial charge >= 0.3 is 6.03 Å². The average Bonchev–Trinajstić information content (AvgIpc) is 2.75. The Morgan fingerprint density at radius 2 is 1.83 bits per heavy atom. The van der Waals surface area contributed by atoms with Crippen LogP contribution in [-0.4, -0.2) is 40.9 Å². The maximum absolute atomic E-state index is 12.8. The van der Waals surface area contributed by atoms with E-state index in [1.807, 2.05) is 13.8 Å². The van der Waals surface area contributed by atoms with Gasteiger partial charge in [0.25, 0.3) is 5.91 Å². The van der Waals surface area contributed by atoms with Gasteiger partial charge in [0.05, 0.1) is 0 Å². The van der Waals surface area contributed by atoms with Crippen LogP contribution >= 0.6 is 0 Å². The highest BCUT2D eigenvalue weighted by atomic mass is 16.2. The van der Waals surface area contributed by atoms with Crippen LogP contribution in [0.5, 0.6) is 0 Å². The maximum Gasteiger partial charge on any atom is 0.325 e. The first-order chi connectivity index (χ1) is 11.4. The molecule has 2 atom stereocenters. The molecule has 0 aromatic heterocycles. The molecule has 1 heterocycles. The van der Waals surface area contributed by atoms with Gasteiger partial charge in [-0.05, 0) is 31.6 Å². The smallest absolute Gasteiger partial charge is 0.325 e. The number of imide groups is 1. The molecule has 4 amide bonds. The predicted molar refractivity (Wildman–Crippen MR) is 92.4 cm³/mol. The first-order valence-electron chi connectivity index (χ1n) is 9.37. The van der Waals surface area contributed by atoms with E-state index in [1.165, 1.54) is 6.42 Å². The van der Waals surface area contributed by atoms with Crippen molar-refractivity contribution < 1.29 is 14.4 Å². The van der Waals surface area contributed by atoms with E-state index in [0.717, 1.165) is 37.0 Å². The van der Waals surface area contributed by atoms with Gasteiger partial charge in [0.1, 0.15) is 12.1 Å². The van der Waals surface area contributed by atoms with Gasteiger partial charge in [-0.2, -0.15) is 0 Å². The third-order valence-corrected chi connectivity index (χ3v) is 5.36. The number of hydrogen-bond donors (Lipinski definition) is 2. The van der Waals surface area contributed by atoms with Crippen molar-refractivity contribution in [2.24, 2.45) is 5.92 Å². The summed E-state index contributed by atoms with van der Waals surface area (Å²) >= 11 is 0. The molecule has 6 heteroatoms. The Morgan fingerprint density at radius 3 is 2.42 bits per heavy atom. The summed E-state index contributed by atoms with van der Waals surface area (Å²) < 4.78 is 0. The largest absolute Gasteiger partial charge is 0.352 e. The zero-order valence-corrected chi connectivity index (χ0v) is 15.2. The van der Waals surface area contributed by atoms with E-state index in [2.05, 4.69) is 17.6 Å². The minimum Gasteiger partial charge on any atom is -0.352 e. The van der Waals surface area contributed by atoms with E-state index in [-0.39, 0.29) is 24.4 Å². The summed E-state index contributed by atoms with van der Waals surface area (Å²) in [4.78, 5) is 38.5. The minimum atomic E-state index is -0.820. The Morgan fingerprint density at radius 1 is 1.21 bits per heavy atom. The van der Waals surface area contributed by atoms with E-state index in [0.29, 0.717) is 18.8 Å². The molecule has 2 rings (SSSR count). The predicted octanol–water partition coefficient (Wildman–Crippen LogP) is 2.57. The summed E-state index contributed by atoms with van der Waals surface area (Å²) in [5, 5.41) is 5.86. The van der Waals surface area contributed by atoms with E-state index >= 15 is 0 Å². The highest BCUT2D eigenvalue weighted by Gasteiger charge is 2.50. The number of amides is 4. The second-order valence-corrected chi connectivity index (χ2v) is 7.34. The van der Waals surface area contributed by atoms with Crippen molar-refractivity contribution in [3.05, 3.63) is 0 Å². The summed E-state index contributed by atoms with van der Waals surface area (Å²) in [5.41, 5.74) is -0.820. The van der Waals surface area contributed by atoms with Crippen molar-refractivity contribution in [3.63, 3.8) is 0 Å². The van der Waals surface area contributed by atoms with Gasteiger partial charge in [-0.1, -0.05) is 46.5 Å². The van der Waals surface area contributed by atoms with Crippen molar-refractivity contribution in [1.82, 2.24) is 15.5 Å². The number of nitrogens with zero attached hydrogens (tertiary/aromatic N) is 1. The first-order valence-corrected chi connectivity index (χ1v) is 9.37. The van der Waals surface area contributed by atoms with Gasteiger partial charge in [0.2, 0.25) is 5.91 Å². The van der Waals surface area contributed by atoms with Crippen LogP contribution in [0.1, 0.15) is 72.1 Å². The van der Waals surface area contributed by atoms with E-state index in [9.17, 15) is 14.4 Å². The molecular formula is C18H31N3O3. The molecule has 0 unspecified atom stereocenters. The van der Waals surface area contributed by atoms with Crippen molar-refractivity contribution in [1.29, 1.82) is 0 Å². The lowest BCUT2D eigenvalue weighted by atomic mass is 9.86. The fourth-order valence-electron chi connectivity index (χ4n) is 4.06. The molecule has 0 bridgehead atoms. The van der Waals surface area contributed by atoms with Crippen LogP contribution in [0.4, 0.5) is 4.79 Å². The summed E-state index contributed by atoms with van der Waals surface area (Å²) in [6.07, 6.45) is 7.27. The van der Waals surface area contributed by atoms with Crippen LogP contribution in [0.15, 0.2) is 0 Å². The third-order valence-electron chi connectivity index (χ3n) is 5.36. The van der Waals surface area contributed by atoms with Crippen LogP contribution in [0.25, 0.3) is 0 Å². The van der Waals surface area contributed by atoms with E-state index in [1.54, 1.807) is 0 Å². The first kappa shape index (κ1) is 18.7. The van der Waals surface area contributed by atoms with Gasteiger partial charge in [0, 0.05) is 6.04 Å². The number of nitrogens with one attached hydrogen (secondary N) is 2. The number of hydrogen-bond acceptors (Lipinski definition) is 3. The molecule has 1 aliphatic carbocycles. The number of carbonyl (C=O) groups excluding carboxylic acids is 3. The molecule has 1 aliphatic heterocycles. The minimum absolute atomic E-state index is 0.156. The van der Waals surface area contributed by atoms with Crippen molar-refractivity contribution in [3.8, 4) is 0 Å². The quantitative estimate of drug-likeness (QED) is 0.701. The molecule has 0 radical (unpaired) electrons. The zero-order valence-electron chi connectivity index (χ0n) is 15.2. The molecular weight excluding hydrogens is 306 g/mol. The standard InChI is InChI=1S/C18H31N3O3/c1-4-10-18(11-5-2)16(23)21(17(24)20-18)12-15(22)19-14-9-7-6-8-13(14)3/h13-14H,4-12H2,1-3H3,(H,19,22)(H,20,24)/t13-,14-/m0/s1. The second-order valence-electron chi connectivity index (χ2n) is 7.34. The monoisotopic (exact) mass is 337 g/mol.